The molecule has 1 aliphatic rings. The summed E-state index contributed by atoms with van der Waals surface area (Å²) in [4.78, 5) is 13.4. The van der Waals surface area contributed by atoms with E-state index in [-0.39, 0.29) is 11.9 Å². The third-order valence-electron chi connectivity index (χ3n) is 2.75. The number of carbonyl (C=O) groups excluding carboxylic acids is 1. The molecule has 0 spiro atoms. The van der Waals surface area contributed by atoms with Crippen LogP contribution in [0.25, 0.3) is 0 Å². The summed E-state index contributed by atoms with van der Waals surface area (Å²) in [7, 11) is 0. The molecule has 82 valence electrons. The van der Waals surface area contributed by atoms with Gasteiger partial charge in [0.2, 0.25) is 5.91 Å². The minimum Gasteiger partial charge on any atom is -0.341 e. The lowest BCUT2D eigenvalue weighted by atomic mass is 10.0. The van der Waals surface area contributed by atoms with E-state index in [1.165, 1.54) is 6.42 Å². The number of carbonyl (C=O) groups is 1. The molecule has 0 aromatic heterocycles. The van der Waals surface area contributed by atoms with Crippen LogP contribution < -0.4 is 5.73 Å². The Morgan fingerprint density at radius 3 is 2.93 bits per heavy atom. The molecule has 0 aliphatic carbocycles. The lowest BCUT2D eigenvalue weighted by molar-refractivity contribution is -0.133. The molecule has 1 saturated heterocycles. The van der Waals surface area contributed by atoms with Gasteiger partial charge in [0, 0.05) is 25.6 Å². The first-order chi connectivity index (χ1) is 6.59. The monoisotopic (exact) mass is 198 g/mol. The molecule has 3 heteroatoms. The van der Waals surface area contributed by atoms with E-state index in [1.807, 2.05) is 4.90 Å². The number of rotatable bonds is 4. The Kier molecular flexibility index (Phi) is 4.39. The Morgan fingerprint density at radius 2 is 2.29 bits per heavy atom. The average molecular weight is 198 g/mol. The van der Waals surface area contributed by atoms with E-state index in [0.29, 0.717) is 6.42 Å². The molecule has 0 aromatic carbocycles. The predicted octanol–water partition coefficient (Wildman–Crippen LogP) is 1.37. The summed E-state index contributed by atoms with van der Waals surface area (Å²) >= 11 is 0. The SMILES string of the molecule is CC(C)CCCN1CC(N)CCC1=O. The third kappa shape index (κ3) is 3.66. The minimum atomic E-state index is 0.201. The first-order valence-corrected chi connectivity index (χ1v) is 5.63. The van der Waals surface area contributed by atoms with Gasteiger partial charge in [-0.05, 0) is 25.2 Å². The van der Waals surface area contributed by atoms with Gasteiger partial charge in [-0.1, -0.05) is 13.8 Å². The van der Waals surface area contributed by atoms with E-state index < -0.39 is 0 Å². The molecular weight excluding hydrogens is 176 g/mol. The highest BCUT2D eigenvalue weighted by molar-refractivity contribution is 5.77. The summed E-state index contributed by atoms with van der Waals surface area (Å²) in [6.07, 6.45) is 3.80. The molecule has 0 radical (unpaired) electrons. The molecular formula is C11H22N2O. The molecule has 2 N–H and O–H groups in total. The van der Waals surface area contributed by atoms with Crippen molar-refractivity contribution < 1.29 is 4.79 Å². The van der Waals surface area contributed by atoms with Crippen LogP contribution in [-0.4, -0.2) is 29.9 Å². The molecule has 0 bridgehead atoms. The maximum absolute atomic E-state index is 11.5. The summed E-state index contributed by atoms with van der Waals surface area (Å²) in [5, 5.41) is 0. The van der Waals surface area contributed by atoms with Gasteiger partial charge in [-0.15, -0.1) is 0 Å². The fourth-order valence-corrected chi connectivity index (χ4v) is 1.85. The van der Waals surface area contributed by atoms with Crippen molar-refractivity contribution in [2.75, 3.05) is 13.1 Å². The lowest BCUT2D eigenvalue weighted by Gasteiger charge is -2.30. The van der Waals surface area contributed by atoms with Crippen LogP contribution in [0.3, 0.4) is 0 Å². The average Bonchev–Trinajstić information content (AvgIpc) is 2.10. The van der Waals surface area contributed by atoms with Crippen molar-refractivity contribution in [2.45, 2.75) is 45.6 Å². The van der Waals surface area contributed by atoms with Gasteiger partial charge in [0.05, 0.1) is 0 Å². The van der Waals surface area contributed by atoms with Crippen LogP contribution in [0.15, 0.2) is 0 Å². The van der Waals surface area contributed by atoms with Crippen LogP contribution in [0.4, 0.5) is 0 Å². The Labute approximate surface area is 86.6 Å². The predicted molar refractivity (Wildman–Crippen MR) is 57.9 cm³/mol. The van der Waals surface area contributed by atoms with Crippen LogP contribution >= 0.6 is 0 Å². The zero-order valence-electron chi connectivity index (χ0n) is 9.33. The maximum Gasteiger partial charge on any atom is 0.222 e. The second kappa shape index (κ2) is 5.35. The normalized spacial score (nSPS) is 23.3. The summed E-state index contributed by atoms with van der Waals surface area (Å²) in [5.74, 6) is 1.01. The summed E-state index contributed by atoms with van der Waals surface area (Å²) < 4.78 is 0. The summed E-state index contributed by atoms with van der Waals surface area (Å²) in [5.41, 5.74) is 5.82. The molecule has 1 heterocycles. The zero-order chi connectivity index (χ0) is 10.6. The Balaban J connectivity index is 2.24. The summed E-state index contributed by atoms with van der Waals surface area (Å²) in [6.45, 7) is 6.08. The Morgan fingerprint density at radius 1 is 1.57 bits per heavy atom. The van der Waals surface area contributed by atoms with Gasteiger partial charge in [-0.25, -0.2) is 0 Å². The van der Waals surface area contributed by atoms with E-state index in [0.717, 1.165) is 31.8 Å². The molecule has 1 aliphatic heterocycles. The van der Waals surface area contributed by atoms with Crippen molar-refractivity contribution in [2.24, 2.45) is 11.7 Å². The van der Waals surface area contributed by atoms with Gasteiger partial charge in [0.15, 0.2) is 0 Å². The molecule has 1 fully saturated rings. The van der Waals surface area contributed by atoms with Crippen LogP contribution in [0.5, 0.6) is 0 Å². The number of piperidine rings is 1. The first-order valence-electron chi connectivity index (χ1n) is 5.63. The van der Waals surface area contributed by atoms with Crippen LogP contribution in [0, 0.1) is 5.92 Å². The van der Waals surface area contributed by atoms with Crippen molar-refractivity contribution in [3.05, 3.63) is 0 Å². The number of likely N-dealkylation sites (tertiary alicyclic amines) is 1. The van der Waals surface area contributed by atoms with Crippen LogP contribution in [0.2, 0.25) is 0 Å². The fourth-order valence-electron chi connectivity index (χ4n) is 1.85. The van der Waals surface area contributed by atoms with E-state index in [4.69, 9.17) is 5.73 Å². The second-order valence-corrected chi connectivity index (χ2v) is 4.67. The molecule has 1 unspecified atom stereocenters. The molecule has 1 atom stereocenters. The lowest BCUT2D eigenvalue weighted by Crippen LogP contribution is -2.46. The van der Waals surface area contributed by atoms with Crippen molar-refractivity contribution in [1.29, 1.82) is 0 Å². The van der Waals surface area contributed by atoms with Gasteiger partial charge >= 0.3 is 0 Å². The van der Waals surface area contributed by atoms with Crippen molar-refractivity contribution in [3.63, 3.8) is 0 Å². The first kappa shape index (κ1) is 11.5. The van der Waals surface area contributed by atoms with Gasteiger partial charge in [0.1, 0.15) is 0 Å². The number of hydrogen-bond acceptors (Lipinski definition) is 2. The largest absolute Gasteiger partial charge is 0.341 e. The van der Waals surface area contributed by atoms with Gasteiger partial charge in [-0.2, -0.15) is 0 Å². The number of nitrogens with zero attached hydrogens (tertiary/aromatic N) is 1. The molecule has 14 heavy (non-hydrogen) atoms. The molecule has 0 saturated carbocycles. The van der Waals surface area contributed by atoms with Crippen molar-refractivity contribution >= 4 is 5.91 Å². The highest BCUT2D eigenvalue weighted by Crippen LogP contribution is 2.12. The molecule has 1 rings (SSSR count). The molecule has 0 aromatic rings. The van der Waals surface area contributed by atoms with Crippen molar-refractivity contribution in [1.82, 2.24) is 4.90 Å². The maximum atomic E-state index is 11.5. The Bertz CT molecular complexity index is 192. The summed E-state index contributed by atoms with van der Waals surface area (Å²) in [6, 6.07) is 0.201. The van der Waals surface area contributed by atoms with Crippen molar-refractivity contribution in [3.8, 4) is 0 Å². The third-order valence-corrected chi connectivity index (χ3v) is 2.75. The van der Waals surface area contributed by atoms with E-state index in [1.54, 1.807) is 0 Å². The van der Waals surface area contributed by atoms with Crippen LogP contribution in [0.1, 0.15) is 39.5 Å². The quantitative estimate of drug-likeness (QED) is 0.741. The van der Waals surface area contributed by atoms with Gasteiger partial charge in [0.25, 0.3) is 0 Å². The highest BCUT2D eigenvalue weighted by Gasteiger charge is 2.22. The molecule has 3 nitrogen and oxygen atoms in total. The number of nitrogens with two attached hydrogens (primary N) is 1. The zero-order valence-corrected chi connectivity index (χ0v) is 9.33. The topological polar surface area (TPSA) is 46.3 Å². The highest BCUT2D eigenvalue weighted by atomic mass is 16.2. The van der Waals surface area contributed by atoms with Gasteiger partial charge < -0.3 is 10.6 Å². The Hall–Kier alpha value is -0.570. The fraction of sp³-hybridized carbons (Fsp3) is 0.909. The molecule has 1 amide bonds. The number of amides is 1. The smallest absolute Gasteiger partial charge is 0.222 e. The minimum absolute atomic E-state index is 0.201. The van der Waals surface area contributed by atoms with Gasteiger partial charge in [-0.3, -0.25) is 4.79 Å². The standard InChI is InChI=1S/C11H22N2O/c1-9(2)4-3-7-13-8-10(12)5-6-11(13)14/h9-10H,3-8,12H2,1-2H3. The number of hydrogen-bond donors (Lipinski definition) is 1. The van der Waals surface area contributed by atoms with E-state index >= 15 is 0 Å². The van der Waals surface area contributed by atoms with Crippen LogP contribution in [-0.2, 0) is 4.79 Å². The second-order valence-electron chi connectivity index (χ2n) is 4.67. The van der Waals surface area contributed by atoms with E-state index in [9.17, 15) is 4.79 Å². The van der Waals surface area contributed by atoms with E-state index in [2.05, 4.69) is 13.8 Å².